The maximum atomic E-state index is 13.8. The van der Waals surface area contributed by atoms with Gasteiger partial charge in [0.1, 0.15) is 5.83 Å². The van der Waals surface area contributed by atoms with E-state index in [0.717, 1.165) is 16.9 Å². The van der Waals surface area contributed by atoms with Crippen molar-refractivity contribution in [2.24, 2.45) is 5.92 Å². The third-order valence-corrected chi connectivity index (χ3v) is 4.03. The van der Waals surface area contributed by atoms with E-state index >= 15 is 0 Å². The van der Waals surface area contributed by atoms with E-state index in [1.54, 1.807) is 10.6 Å². The van der Waals surface area contributed by atoms with Gasteiger partial charge in [0.25, 0.3) is 0 Å². The van der Waals surface area contributed by atoms with Gasteiger partial charge in [0.15, 0.2) is 5.65 Å². The fourth-order valence-electron chi connectivity index (χ4n) is 2.59. The lowest BCUT2D eigenvalue weighted by atomic mass is 9.85. The van der Waals surface area contributed by atoms with Crippen molar-refractivity contribution in [1.29, 1.82) is 0 Å². The zero-order chi connectivity index (χ0) is 15.2. The SMILES string of the molecule is CC1C(F)=CC=CC1c1cnc2cc(C(C)(C)C)nn2c1. The zero-order valence-corrected chi connectivity index (χ0v) is 12.8. The van der Waals surface area contributed by atoms with Crippen molar-refractivity contribution in [2.45, 2.75) is 39.0 Å². The molecule has 1 aliphatic carbocycles. The van der Waals surface area contributed by atoms with Gasteiger partial charge in [-0.25, -0.2) is 13.9 Å². The Morgan fingerprint density at radius 3 is 2.76 bits per heavy atom. The molecule has 0 fully saturated rings. The summed E-state index contributed by atoms with van der Waals surface area (Å²) in [5.41, 5.74) is 2.80. The lowest BCUT2D eigenvalue weighted by Crippen LogP contribution is -2.13. The lowest BCUT2D eigenvalue weighted by Gasteiger charge is -2.22. The summed E-state index contributed by atoms with van der Waals surface area (Å²) in [6.45, 7) is 8.28. The minimum atomic E-state index is -0.160. The molecule has 21 heavy (non-hydrogen) atoms. The highest BCUT2D eigenvalue weighted by Crippen LogP contribution is 2.34. The van der Waals surface area contributed by atoms with E-state index in [0.29, 0.717) is 0 Å². The van der Waals surface area contributed by atoms with Crippen LogP contribution in [0.25, 0.3) is 5.65 Å². The number of aromatic nitrogens is 3. The molecule has 0 saturated carbocycles. The quantitative estimate of drug-likeness (QED) is 0.787. The molecule has 2 unspecified atom stereocenters. The smallest absolute Gasteiger partial charge is 0.155 e. The predicted octanol–water partition coefficient (Wildman–Crippen LogP) is 4.17. The van der Waals surface area contributed by atoms with Gasteiger partial charge in [0.05, 0.1) is 5.69 Å². The van der Waals surface area contributed by atoms with Crippen LogP contribution in [-0.4, -0.2) is 14.6 Å². The van der Waals surface area contributed by atoms with Gasteiger partial charge in [-0.1, -0.05) is 39.8 Å². The van der Waals surface area contributed by atoms with Crippen LogP contribution in [0.15, 0.2) is 42.5 Å². The van der Waals surface area contributed by atoms with Crippen LogP contribution >= 0.6 is 0 Å². The van der Waals surface area contributed by atoms with Gasteiger partial charge >= 0.3 is 0 Å². The molecule has 0 bridgehead atoms. The summed E-state index contributed by atoms with van der Waals surface area (Å²) in [5.74, 6) is -0.237. The zero-order valence-electron chi connectivity index (χ0n) is 12.8. The van der Waals surface area contributed by atoms with Crippen LogP contribution in [0.4, 0.5) is 4.39 Å². The van der Waals surface area contributed by atoms with Gasteiger partial charge in [-0.05, 0) is 11.6 Å². The predicted molar refractivity (Wildman–Crippen MR) is 81.9 cm³/mol. The molecule has 0 N–H and O–H groups in total. The molecule has 0 spiro atoms. The second kappa shape index (κ2) is 4.79. The van der Waals surface area contributed by atoms with Gasteiger partial charge in [-0.3, -0.25) is 0 Å². The van der Waals surface area contributed by atoms with Crippen molar-refractivity contribution < 1.29 is 4.39 Å². The first-order valence-electron chi connectivity index (χ1n) is 7.26. The maximum Gasteiger partial charge on any atom is 0.155 e. The monoisotopic (exact) mass is 285 g/mol. The van der Waals surface area contributed by atoms with E-state index in [-0.39, 0.29) is 23.1 Å². The fourth-order valence-corrected chi connectivity index (χ4v) is 2.59. The normalized spacial score (nSPS) is 22.6. The summed E-state index contributed by atoms with van der Waals surface area (Å²) < 4.78 is 15.6. The van der Waals surface area contributed by atoms with E-state index in [1.165, 1.54) is 6.08 Å². The number of fused-ring (bicyclic) bond motifs is 1. The van der Waals surface area contributed by atoms with E-state index < -0.39 is 0 Å². The molecule has 4 heteroatoms. The molecule has 3 nitrogen and oxygen atoms in total. The van der Waals surface area contributed by atoms with Gasteiger partial charge in [0, 0.05) is 35.7 Å². The van der Waals surface area contributed by atoms with Gasteiger partial charge in [0.2, 0.25) is 0 Å². The number of allylic oxidation sites excluding steroid dienone is 4. The highest BCUT2D eigenvalue weighted by molar-refractivity contribution is 5.42. The molecule has 0 aromatic carbocycles. The number of hydrogen-bond acceptors (Lipinski definition) is 2. The van der Waals surface area contributed by atoms with Crippen molar-refractivity contribution in [3.05, 3.63) is 53.8 Å². The van der Waals surface area contributed by atoms with Crippen molar-refractivity contribution >= 4 is 5.65 Å². The van der Waals surface area contributed by atoms with Crippen LogP contribution < -0.4 is 0 Å². The Hall–Kier alpha value is -1.97. The van der Waals surface area contributed by atoms with Crippen molar-refractivity contribution in [1.82, 2.24) is 14.6 Å². The molecule has 3 rings (SSSR count). The van der Waals surface area contributed by atoms with Crippen LogP contribution in [0, 0.1) is 5.92 Å². The van der Waals surface area contributed by atoms with E-state index in [4.69, 9.17) is 0 Å². The molecular formula is C17H20FN3. The van der Waals surface area contributed by atoms with Crippen LogP contribution in [-0.2, 0) is 5.41 Å². The highest BCUT2D eigenvalue weighted by atomic mass is 19.1. The summed E-state index contributed by atoms with van der Waals surface area (Å²) in [6.07, 6.45) is 9.10. The third kappa shape index (κ3) is 2.50. The topological polar surface area (TPSA) is 30.2 Å². The van der Waals surface area contributed by atoms with Gasteiger partial charge in [-0.15, -0.1) is 0 Å². The molecule has 110 valence electrons. The van der Waals surface area contributed by atoms with Gasteiger partial charge in [-0.2, -0.15) is 5.10 Å². The molecule has 2 aromatic heterocycles. The maximum absolute atomic E-state index is 13.8. The van der Waals surface area contributed by atoms with E-state index in [9.17, 15) is 4.39 Å². The highest BCUT2D eigenvalue weighted by Gasteiger charge is 2.24. The Bertz CT molecular complexity index is 734. The molecule has 0 radical (unpaired) electrons. The van der Waals surface area contributed by atoms with E-state index in [1.807, 2.05) is 31.5 Å². The Morgan fingerprint density at radius 1 is 1.29 bits per heavy atom. The van der Waals surface area contributed by atoms with Crippen molar-refractivity contribution in [3.8, 4) is 0 Å². The molecule has 2 heterocycles. The summed E-state index contributed by atoms with van der Waals surface area (Å²) >= 11 is 0. The first kappa shape index (κ1) is 14.0. The van der Waals surface area contributed by atoms with E-state index in [2.05, 4.69) is 30.9 Å². The number of hydrogen-bond donors (Lipinski definition) is 0. The minimum Gasteiger partial charge on any atom is -0.237 e. The molecule has 0 saturated heterocycles. The molecule has 0 aliphatic heterocycles. The molecular weight excluding hydrogens is 265 g/mol. The molecule has 2 atom stereocenters. The number of halogens is 1. The van der Waals surface area contributed by atoms with Crippen LogP contribution in [0.3, 0.4) is 0 Å². The average Bonchev–Trinajstić information content (AvgIpc) is 2.85. The number of rotatable bonds is 1. The van der Waals surface area contributed by atoms with Gasteiger partial charge < -0.3 is 0 Å². The Kier molecular flexibility index (Phi) is 3.19. The Morgan fingerprint density at radius 2 is 2.05 bits per heavy atom. The standard InChI is InChI=1S/C17H20FN3/c1-11-13(6-5-7-14(11)18)12-9-19-16-8-15(17(2,3)4)20-21(16)10-12/h5-11,13H,1-4H3. The second-order valence-electron chi connectivity index (χ2n) is 6.72. The Balaban J connectivity index is 2.02. The summed E-state index contributed by atoms with van der Waals surface area (Å²) in [7, 11) is 0. The molecule has 0 amide bonds. The molecule has 1 aliphatic rings. The largest absolute Gasteiger partial charge is 0.237 e. The first-order chi connectivity index (χ1) is 9.86. The first-order valence-corrected chi connectivity index (χ1v) is 7.26. The van der Waals surface area contributed by atoms with Crippen LogP contribution in [0.2, 0.25) is 0 Å². The van der Waals surface area contributed by atoms with Crippen LogP contribution in [0.5, 0.6) is 0 Å². The lowest BCUT2D eigenvalue weighted by molar-refractivity contribution is 0.455. The number of nitrogens with zero attached hydrogens (tertiary/aromatic N) is 3. The summed E-state index contributed by atoms with van der Waals surface area (Å²) in [4.78, 5) is 4.47. The van der Waals surface area contributed by atoms with Crippen molar-refractivity contribution in [2.75, 3.05) is 0 Å². The van der Waals surface area contributed by atoms with Crippen molar-refractivity contribution in [3.63, 3.8) is 0 Å². The summed E-state index contributed by atoms with van der Waals surface area (Å²) in [5, 5.41) is 4.61. The fraction of sp³-hybridized carbons (Fsp3) is 0.412. The summed E-state index contributed by atoms with van der Waals surface area (Å²) in [6, 6.07) is 2.00. The van der Waals surface area contributed by atoms with Crippen LogP contribution in [0.1, 0.15) is 44.9 Å². The average molecular weight is 285 g/mol. The minimum absolute atomic E-state index is 0.00851. The second-order valence-corrected chi connectivity index (χ2v) is 6.72. The molecule has 2 aromatic rings. The third-order valence-electron chi connectivity index (χ3n) is 4.03. The Labute approximate surface area is 124 Å².